The first-order chi connectivity index (χ1) is 8.97. The van der Waals surface area contributed by atoms with Gasteiger partial charge in [-0.3, -0.25) is 14.9 Å². The van der Waals surface area contributed by atoms with Crippen LogP contribution in [0.5, 0.6) is 0 Å². The number of halogens is 3. The number of benzene rings is 1. The summed E-state index contributed by atoms with van der Waals surface area (Å²) in [5.41, 5.74) is -1.27. The SMILES string of the molecule is O=C(NCCCCCl)c1cc(F)c(F)cc1[N+](=O)[O-]. The molecule has 8 heteroatoms. The summed E-state index contributed by atoms with van der Waals surface area (Å²) in [4.78, 5) is 21.4. The summed E-state index contributed by atoms with van der Waals surface area (Å²) in [5, 5.41) is 13.1. The van der Waals surface area contributed by atoms with E-state index in [1.165, 1.54) is 0 Å². The van der Waals surface area contributed by atoms with Crippen molar-refractivity contribution in [2.45, 2.75) is 12.8 Å². The molecule has 0 fully saturated rings. The van der Waals surface area contributed by atoms with Gasteiger partial charge in [-0.15, -0.1) is 11.6 Å². The zero-order valence-corrected chi connectivity index (χ0v) is 10.5. The molecular formula is C11H11ClF2N2O3. The molecule has 0 atom stereocenters. The molecule has 1 aromatic rings. The van der Waals surface area contributed by atoms with Gasteiger partial charge in [-0.1, -0.05) is 0 Å². The third-order valence-corrected chi connectivity index (χ3v) is 2.59. The zero-order valence-electron chi connectivity index (χ0n) is 9.79. The minimum absolute atomic E-state index is 0.252. The maximum atomic E-state index is 13.0. The third kappa shape index (κ3) is 4.13. The minimum atomic E-state index is -1.37. The van der Waals surface area contributed by atoms with E-state index in [0.29, 0.717) is 30.9 Å². The van der Waals surface area contributed by atoms with Crippen LogP contribution >= 0.6 is 11.6 Å². The number of nitrogens with zero attached hydrogens (tertiary/aromatic N) is 1. The Hall–Kier alpha value is -1.76. The Balaban J connectivity index is 2.89. The van der Waals surface area contributed by atoms with Gasteiger partial charge in [0.25, 0.3) is 11.6 Å². The largest absolute Gasteiger partial charge is 0.352 e. The summed E-state index contributed by atoms with van der Waals surface area (Å²) in [5.74, 6) is -3.07. The van der Waals surface area contributed by atoms with Crippen LogP contribution in [0.3, 0.4) is 0 Å². The molecule has 19 heavy (non-hydrogen) atoms. The van der Waals surface area contributed by atoms with E-state index in [-0.39, 0.29) is 6.54 Å². The molecular weight excluding hydrogens is 282 g/mol. The van der Waals surface area contributed by atoms with Gasteiger partial charge < -0.3 is 5.32 Å². The number of hydrogen-bond acceptors (Lipinski definition) is 3. The van der Waals surface area contributed by atoms with E-state index < -0.39 is 33.7 Å². The fourth-order valence-electron chi connectivity index (χ4n) is 1.39. The highest BCUT2D eigenvalue weighted by Crippen LogP contribution is 2.22. The van der Waals surface area contributed by atoms with Gasteiger partial charge in [0, 0.05) is 12.4 Å². The second-order valence-corrected chi connectivity index (χ2v) is 4.07. The van der Waals surface area contributed by atoms with Crippen LogP contribution in [0.2, 0.25) is 0 Å². The van der Waals surface area contributed by atoms with Crippen molar-refractivity contribution in [2.24, 2.45) is 0 Å². The lowest BCUT2D eigenvalue weighted by atomic mass is 10.1. The van der Waals surface area contributed by atoms with Gasteiger partial charge in [0.15, 0.2) is 11.6 Å². The first-order valence-electron chi connectivity index (χ1n) is 5.45. The lowest BCUT2D eigenvalue weighted by Crippen LogP contribution is -2.25. The van der Waals surface area contributed by atoms with Crippen molar-refractivity contribution in [1.82, 2.24) is 5.32 Å². The van der Waals surface area contributed by atoms with Crippen molar-refractivity contribution in [2.75, 3.05) is 12.4 Å². The number of nitro benzene ring substituents is 1. The lowest BCUT2D eigenvalue weighted by Gasteiger charge is -2.06. The van der Waals surface area contributed by atoms with Crippen molar-refractivity contribution in [3.8, 4) is 0 Å². The Morgan fingerprint density at radius 2 is 1.95 bits per heavy atom. The first kappa shape index (κ1) is 15.3. The van der Waals surface area contributed by atoms with Gasteiger partial charge in [0.05, 0.1) is 11.0 Å². The lowest BCUT2D eigenvalue weighted by molar-refractivity contribution is -0.385. The Bertz CT molecular complexity index is 497. The molecule has 5 nitrogen and oxygen atoms in total. The first-order valence-corrected chi connectivity index (χ1v) is 5.98. The highest BCUT2D eigenvalue weighted by Gasteiger charge is 2.23. The number of carbonyl (C=O) groups excluding carboxylic acids is 1. The summed E-state index contributed by atoms with van der Waals surface area (Å²) in [6.45, 7) is 0.252. The monoisotopic (exact) mass is 292 g/mol. The molecule has 0 spiro atoms. The van der Waals surface area contributed by atoms with Crippen molar-refractivity contribution in [3.63, 3.8) is 0 Å². The Morgan fingerprint density at radius 1 is 1.32 bits per heavy atom. The van der Waals surface area contributed by atoms with E-state index in [4.69, 9.17) is 11.6 Å². The Morgan fingerprint density at radius 3 is 2.53 bits per heavy atom. The molecule has 0 saturated heterocycles. The average Bonchev–Trinajstić information content (AvgIpc) is 2.36. The van der Waals surface area contributed by atoms with Crippen molar-refractivity contribution < 1.29 is 18.5 Å². The average molecular weight is 293 g/mol. The van der Waals surface area contributed by atoms with Crippen LogP contribution in [0.4, 0.5) is 14.5 Å². The van der Waals surface area contributed by atoms with E-state index in [1.807, 2.05) is 0 Å². The van der Waals surface area contributed by atoms with E-state index in [1.54, 1.807) is 0 Å². The van der Waals surface area contributed by atoms with Gasteiger partial charge >= 0.3 is 0 Å². The van der Waals surface area contributed by atoms with Crippen molar-refractivity contribution >= 4 is 23.2 Å². The van der Waals surface area contributed by atoms with Gasteiger partial charge in [-0.05, 0) is 18.9 Å². The summed E-state index contributed by atoms with van der Waals surface area (Å²) < 4.78 is 25.9. The van der Waals surface area contributed by atoms with E-state index in [9.17, 15) is 23.7 Å². The zero-order chi connectivity index (χ0) is 14.4. The van der Waals surface area contributed by atoms with Gasteiger partial charge in [0.2, 0.25) is 0 Å². The fraction of sp³-hybridized carbons (Fsp3) is 0.364. The number of carbonyl (C=O) groups is 1. The summed E-state index contributed by atoms with van der Waals surface area (Å²) in [7, 11) is 0. The molecule has 0 bridgehead atoms. The molecule has 0 aromatic heterocycles. The van der Waals surface area contributed by atoms with Gasteiger partial charge in [-0.25, -0.2) is 8.78 Å². The number of unbranched alkanes of at least 4 members (excludes halogenated alkanes) is 1. The molecule has 1 aromatic carbocycles. The molecule has 1 amide bonds. The molecule has 0 unspecified atom stereocenters. The summed E-state index contributed by atoms with van der Waals surface area (Å²) >= 11 is 5.45. The molecule has 0 saturated carbocycles. The summed E-state index contributed by atoms with van der Waals surface area (Å²) in [6, 6.07) is 0.910. The maximum Gasteiger partial charge on any atom is 0.285 e. The van der Waals surface area contributed by atoms with Gasteiger partial charge in [0.1, 0.15) is 5.56 Å². The molecule has 0 aliphatic rings. The van der Waals surface area contributed by atoms with Crippen LogP contribution in [-0.4, -0.2) is 23.3 Å². The maximum absolute atomic E-state index is 13.0. The number of alkyl halides is 1. The molecule has 0 aliphatic carbocycles. The molecule has 0 aliphatic heterocycles. The Labute approximate surface area is 112 Å². The summed E-state index contributed by atoms with van der Waals surface area (Å²) in [6.07, 6.45) is 1.26. The molecule has 0 heterocycles. The predicted molar refractivity (Wildman–Crippen MR) is 65.3 cm³/mol. The number of rotatable bonds is 6. The number of amides is 1. The van der Waals surface area contributed by atoms with Crippen molar-refractivity contribution in [3.05, 3.63) is 39.4 Å². The molecule has 104 valence electrons. The van der Waals surface area contributed by atoms with Crippen LogP contribution in [0, 0.1) is 21.7 Å². The topological polar surface area (TPSA) is 72.2 Å². The quantitative estimate of drug-likeness (QED) is 0.379. The van der Waals surface area contributed by atoms with E-state index in [0.717, 1.165) is 0 Å². The smallest absolute Gasteiger partial charge is 0.285 e. The normalized spacial score (nSPS) is 10.3. The van der Waals surface area contributed by atoms with Crippen LogP contribution < -0.4 is 5.32 Å². The molecule has 0 radical (unpaired) electrons. The second-order valence-electron chi connectivity index (χ2n) is 3.69. The van der Waals surface area contributed by atoms with E-state index in [2.05, 4.69) is 5.32 Å². The number of hydrogen-bond donors (Lipinski definition) is 1. The standard InChI is InChI=1S/C11H11ClF2N2O3/c12-3-1-2-4-15-11(17)7-5-8(13)9(14)6-10(7)16(18)19/h5-6H,1-4H2,(H,15,17). The number of nitro groups is 1. The minimum Gasteiger partial charge on any atom is -0.352 e. The highest BCUT2D eigenvalue weighted by atomic mass is 35.5. The van der Waals surface area contributed by atoms with Crippen molar-refractivity contribution in [1.29, 1.82) is 0 Å². The Kier molecular flexibility index (Phi) is 5.62. The highest BCUT2D eigenvalue weighted by molar-refractivity contribution is 6.17. The predicted octanol–water partition coefficient (Wildman–Crippen LogP) is 2.62. The second kappa shape index (κ2) is 6.98. The molecule has 1 rings (SSSR count). The van der Waals surface area contributed by atoms with Gasteiger partial charge in [-0.2, -0.15) is 0 Å². The fourth-order valence-corrected chi connectivity index (χ4v) is 1.57. The third-order valence-electron chi connectivity index (χ3n) is 2.33. The van der Waals surface area contributed by atoms with Crippen LogP contribution in [0.25, 0.3) is 0 Å². The van der Waals surface area contributed by atoms with Crippen LogP contribution in [0.15, 0.2) is 12.1 Å². The molecule has 1 N–H and O–H groups in total. The van der Waals surface area contributed by atoms with Crippen LogP contribution in [0.1, 0.15) is 23.2 Å². The van der Waals surface area contributed by atoms with Crippen LogP contribution in [-0.2, 0) is 0 Å². The van der Waals surface area contributed by atoms with E-state index >= 15 is 0 Å². The number of nitrogens with one attached hydrogen (secondary N) is 1.